The number of rotatable bonds is 4. The predicted molar refractivity (Wildman–Crippen MR) is 93.2 cm³/mol. The number of hydrogen-bond donors (Lipinski definition) is 0. The van der Waals surface area contributed by atoms with Crippen molar-refractivity contribution in [1.29, 1.82) is 0 Å². The van der Waals surface area contributed by atoms with Crippen LogP contribution in [-0.4, -0.2) is 36.9 Å². The Morgan fingerprint density at radius 2 is 1.92 bits per heavy atom. The number of sulfonamides is 1. The van der Waals surface area contributed by atoms with Crippen molar-refractivity contribution in [3.05, 3.63) is 52.3 Å². The van der Waals surface area contributed by atoms with E-state index in [1.165, 1.54) is 16.4 Å². The summed E-state index contributed by atoms with van der Waals surface area (Å²) in [7, 11) is -3.68. The lowest BCUT2D eigenvalue weighted by Gasteiger charge is -2.18. The third-order valence-electron chi connectivity index (χ3n) is 3.89. The molecule has 0 N–H and O–H groups in total. The van der Waals surface area contributed by atoms with E-state index < -0.39 is 10.0 Å². The lowest BCUT2D eigenvalue weighted by molar-refractivity contribution is 0.215. The van der Waals surface area contributed by atoms with Crippen LogP contribution in [0.4, 0.5) is 0 Å². The number of aromatic nitrogens is 1. The van der Waals surface area contributed by atoms with Gasteiger partial charge in [-0.3, -0.25) is 4.98 Å². The highest BCUT2D eigenvalue weighted by molar-refractivity contribution is 7.89. The van der Waals surface area contributed by atoms with Gasteiger partial charge in [0, 0.05) is 24.0 Å². The Bertz CT molecular complexity index is 844. The van der Waals surface area contributed by atoms with Gasteiger partial charge in [0.1, 0.15) is 16.7 Å². The quantitative estimate of drug-likeness (QED) is 0.805. The molecule has 0 amide bonds. The molecule has 0 bridgehead atoms. The van der Waals surface area contributed by atoms with Crippen molar-refractivity contribution in [3.63, 3.8) is 0 Å². The zero-order chi connectivity index (χ0) is 17.3. The maximum atomic E-state index is 12.8. The number of ether oxygens (including phenoxy) is 1. The Balaban J connectivity index is 1.78. The fourth-order valence-electron chi connectivity index (χ4n) is 2.59. The van der Waals surface area contributed by atoms with Crippen molar-refractivity contribution in [2.24, 2.45) is 0 Å². The summed E-state index contributed by atoms with van der Waals surface area (Å²) in [5, 5.41) is 0.573. The summed E-state index contributed by atoms with van der Waals surface area (Å²) >= 11 is 12.1. The van der Waals surface area contributed by atoms with Crippen molar-refractivity contribution < 1.29 is 13.2 Å². The van der Waals surface area contributed by atoms with Crippen LogP contribution in [0.3, 0.4) is 0 Å². The standard InChI is InChI=1S/C16H16Cl2N2O3S/c1-11-8-16(15(18)9-14(11)17)24(21,22)20-7-4-13(10-20)23-12-2-5-19-6-3-12/h2-3,5-6,8-9,13H,4,7,10H2,1H3. The van der Waals surface area contributed by atoms with Crippen molar-refractivity contribution in [2.75, 3.05) is 13.1 Å². The van der Waals surface area contributed by atoms with Gasteiger partial charge < -0.3 is 4.74 Å². The maximum absolute atomic E-state index is 12.8. The zero-order valence-electron chi connectivity index (χ0n) is 12.9. The highest BCUT2D eigenvalue weighted by Crippen LogP contribution is 2.32. The molecule has 0 saturated carbocycles. The number of hydrogen-bond acceptors (Lipinski definition) is 4. The lowest BCUT2D eigenvalue weighted by atomic mass is 10.2. The van der Waals surface area contributed by atoms with Gasteiger partial charge in [-0.15, -0.1) is 0 Å². The van der Waals surface area contributed by atoms with E-state index >= 15 is 0 Å². The summed E-state index contributed by atoms with van der Waals surface area (Å²) in [5.41, 5.74) is 0.670. The van der Waals surface area contributed by atoms with Crippen LogP contribution in [0.5, 0.6) is 5.75 Å². The van der Waals surface area contributed by atoms with Crippen molar-refractivity contribution in [1.82, 2.24) is 9.29 Å². The minimum absolute atomic E-state index is 0.0793. The molecule has 8 heteroatoms. The van der Waals surface area contributed by atoms with E-state index in [1.54, 1.807) is 31.5 Å². The molecule has 1 aliphatic heterocycles. The Morgan fingerprint density at radius 3 is 2.62 bits per heavy atom. The Hall–Kier alpha value is -1.34. The molecule has 2 aromatic rings. The summed E-state index contributed by atoms with van der Waals surface area (Å²) in [6.07, 6.45) is 3.69. The van der Waals surface area contributed by atoms with E-state index in [4.69, 9.17) is 27.9 Å². The van der Waals surface area contributed by atoms with Gasteiger partial charge in [-0.25, -0.2) is 8.42 Å². The van der Waals surface area contributed by atoms with Gasteiger partial charge in [0.05, 0.1) is 11.6 Å². The Labute approximate surface area is 151 Å². The van der Waals surface area contributed by atoms with Crippen LogP contribution >= 0.6 is 23.2 Å². The average Bonchev–Trinajstić information content (AvgIpc) is 3.01. The highest BCUT2D eigenvalue weighted by atomic mass is 35.5. The van der Waals surface area contributed by atoms with Gasteiger partial charge in [0.15, 0.2) is 0 Å². The van der Waals surface area contributed by atoms with Crippen LogP contribution < -0.4 is 4.74 Å². The molecule has 1 aromatic heterocycles. The normalized spacial score (nSPS) is 18.7. The van der Waals surface area contributed by atoms with Crippen LogP contribution in [0.2, 0.25) is 10.0 Å². The minimum atomic E-state index is -3.68. The van der Waals surface area contributed by atoms with Crippen molar-refractivity contribution in [2.45, 2.75) is 24.3 Å². The summed E-state index contributed by atoms with van der Waals surface area (Å²) < 4.78 is 32.9. The minimum Gasteiger partial charge on any atom is -0.489 e. The molecule has 1 aromatic carbocycles. The number of halogens is 2. The zero-order valence-corrected chi connectivity index (χ0v) is 15.3. The molecular weight excluding hydrogens is 371 g/mol. The van der Waals surface area contributed by atoms with Gasteiger partial charge in [-0.1, -0.05) is 23.2 Å². The van der Waals surface area contributed by atoms with Gasteiger partial charge in [-0.2, -0.15) is 4.31 Å². The van der Waals surface area contributed by atoms with Gasteiger partial charge in [0.25, 0.3) is 0 Å². The second-order valence-corrected chi connectivity index (χ2v) is 8.33. The molecule has 1 aliphatic rings. The van der Waals surface area contributed by atoms with Crippen LogP contribution in [0, 0.1) is 6.92 Å². The van der Waals surface area contributed by atoms with Crippen LogP contribution in [0.1, 0.15) is 12.0 Å². The maximum Gasteiger partial charge on any atom is 0.244 e. The van der Waals surface area contributed by atoms with E-state index in [0.717, 1.165) is 0 Å². The van der Waals surface area contributed by atoms with Gasteiger partial charge in [0.2, 0.25) is 10.0 Å². The highest BCUT2D eigenvalue weighted by Gasteiger charge is 2.35. The largest absolute Gasteiger partial charge is 0.489 e. The Kier molecular flexibility index (Phi) is 5.01. The summed E-state index contributed by atoms with van der Waals surface area (Å²) in [5.74, 6) is 0.676. The fourth-order valence-corrected chi connectivity index (χ4v) is 4.88. The molecule has 0 aliphatic carbocycles. The van der Waals surface area contributed by atoms with Crippen molar-refractivity contribution in [3.8, 4) is 5.75 Å². The van der Waals surface area contributed by atoms with E-state index in [-0.39, 0.29) is 22.6 Å². The molecular formula is C16H16Cl2N2O3S. The number of nitrogens with zero attached hydrogens (tertiary/aromatic N) is 2. The number of aryl methyl sites for hydroxylation is 1. The molecule has 0 radical (unpaired) electrons. The second kappa shape index (κ2) is 6.88. The first-order valence-electron chi connectivity index (χ1n) is 7.40. The van der Waals surface area contributed by atoms with Crippen LogP contribution in [0.25, 0.3) is 0 Å². The number of pyridine rings is 1. The SMILES string of the molecule is Cc1cc(S(=O)(=O)N2CCC(Oc3ccncc3)C2)c(Cl)cc1Cl. The molecule has 24 heavy (non-hydrogen) atoms. The third kappa shape index (κ3) is 3.52. The molecule has 3 rings (SSSR count). The van der Waals surface area contributed by atoms with E-state index in [1.807, 2.05) is 0 Å². The second-order valence-electron chi connectivity index (χ2n) is 5.61. The summed E-state index contributed by atoms with van der Waals surface area (Å²) in [4.78, 5) is 4.01. The van der Waals surface area contributed by atoms with E-state index in [9.17, 15) is 8.42 Å². The lowest BCUT2D eigenvalue weighted by Crippen LogP contribution is -2.31. The molecule has 5 nitrogen and oxygen atoms in total. The molecule has 1 unspecified atom stereocenters. The predicted octanol–water partition coefficient (Wildman–Crippen LogP) is 3.54. The molecule has 128 valence electrons. The Morgan fingerprint density at radius 1 is 1.21 bits per heavy atom. The molecule has 0 spiro atoms. The topological polar surface area (TPSA) is 59.5 Å². The average molecular weight is 387 g/mol. The van der Waals surface area contributed by atoms with Crippen LogP contribution in [-0.2, 0) is 10.0 Å². The first kappa shape index (κ1) is 17.5. The van der Waals surface area contributed by atoms with Crippen LogP contribution in [0.15, 0.2) is 41.6 Å². The van der Waals surface area contributed by atoms with E-state index in [2.05, 4.69) is 4.98 Å². The van der Waals surface area contributed by atoms with Gasteiger partial charge in [-0.05, 0) is 43.2 Å². The molecule has 1 fully saturated rings. The molecule has 1 saturated heterocycles. The molecule has 1 atom stereocenters. The summed E-state index contributed by atoms with van der Waals surface area (Å²) in [6, 6.07) is 6.47. The first-order valence-corrected chi connectivity index (χ1v) is 9.60. The number of benzene rings is 1. The monoisotopic (exact) mass is 386 g/mol. The van der Waals surface area contributed by atoms with Gasteiger partial charge >= 0.3 is 0 Å². The third-order valence-corrected chi connectivity index (χ3v) is 6.63. The van der Waals surface area contributed by atoms with E-state index in [0.29, 0.717) is 29.3 Å². The fraction of sp³-hybridized carbons (Fsp3) is 0.312. The summed E-state index contributed by atoms with van der Waals surface area (Å²) in [6.45, 7) is 2.41. The molecule has 2 heterocycles. The van der Waals surface area contributed by atoms with Crippen molar-refractivity contribution >= 4 is 33.2 Å². The first-order chi connectivity index (χ1) is 11.4. The smallest absolute Gasteiger partial charge is 0.244 e.